The number of aliphatic hydroxyl groups is 2. The third kappa shape index (κ3) is 1.88. The highest BCUT2D eigenvalue weighted by molar-refractivity contribution is 5.01. The predicted molar refractivity (Wildman–Crippen MR) is 57.8 cm³/mol. The molecule has 0 aliphatic carbocycles. The van der Waals surface area contributed by atoms with Crippen LogP contribution < -0.4 is 11.2 Å². The molecule has 4 atom stereocenters. The molecule has 1 saturated heterocycles. The van der Waals surface area contributed by atoms with E-state index in [0.29, 0.717) is 0 Å². The van der Waals surface area contributed by atoms with Gasteiger partial charge < -0.3 is 14.9 Å². The van der Waals surface area contributed by atoms with E-state index in [4.69, 9.17) is 9.84 Å². The molecule has 8 heteroatoms. The minimum absolute atomic E-state index is 0.574. The van der Waals surface area contributed by atoms with Crippen LogP contribution in [0, 0.1) is 0 Å². The summed E-state index contributed by atoms with van der Waals surface area (Å²) in [6, 6.07) is 1.04. The van der Waals surface area contributed by atoms with Crippen LogP contribution in [0.1, 0.15) is 13.2 Å². The summed E-state index contributed by atoms with van der Waals surface area (Å²) < 4.78 is 20.3. The molecule has 0 amide bonds. The van der Waals surface area contributed by atoms with Gasteiger partial charge in [0.1, 0.15) is 12.2 Å². The molecule has 0 bridgehead atoms. The summed E-state index contributed by atoms with van der Waals surface area (Å²) in [5.74, 6) is 0. The first-order chi connectivity index (χ1) is 8.37. The van der Waals surface area contributed by atoms with Crippen molar-refractivity contribution in [1.82, 2.24) is 9.55 Å². The van der Waals surface area contributed by atoms with Crippen molar-refractivity contribution in [3.05, 3.63) is 33.1 Å². The molecule has 1 aromatic rings. The summed E-state index contributed by atoms with van der Waals surface area (Å²) in [7, 11) is 0. The first-order valence-electron chi connectivity index (χ1n) is 5.32. The van der Waals surface area contributed by atoms with Crippen LogP contribution in [0.3, 0.4) is 0 Å². The van der Waals surface area contributed by atoms with Crippen LogP contribution in [-0.2, 0) is 4.74 Å². The van der Waals surface area contributed by atoms with Gasteiger partial charge in [0.25, 0.3) is 5.56 Å². The summed E-state index contributed by atoms with van der Waals surface area (Å²) in [6.07, 6.45) is -3.01. The highest BCUT2D eigenvalue weighted by Crippen LogP contribution is 2.40. The van der Waals surface area contributed by atoms with E-state index in [1.54, 1.807) is 0 Å². The Kier molecular flexibility index (Phi) is 3.09. The highest BCUT2D eigenvalue weighted by Gasteiger charge is 2.54. The molecule has 0 saturated carbocycles. The molecule has 3 unspecified atom stereocenters. The van der Waals surface area contributed by atoms with Crippen LogP contribution in [0.15, 0.2) is 21.9 Å². The molecule has 2 rings (SSSR count). The van der Waals surface area contributed by atoms with Crippen LogP contribution >= 0.6 is 0 Å². The number of aromatic amines is 1. The van der Waals surface area contributed by atoms with Gasteiger partial charge in [-0.15, -0.1) is 0 Å². The van der Waals surface area contributed by atoms with Gasteiger partial charge in [-0.1, -0.05) is 0 Å². The lowest BCUT2D eigenvalue weighted by Gasteiger charge is -2.24. The van der Waals surface area contributed by atoms with Crippen molar-refractivity contribution < 1.29 is 19.3 Å². The SMILES string of the molecule is CC1(F)C(n2ccc(=O)[nH]c2=O)OC(CO)[C@H]1O. The van der Waals surface area contributed by atoms with Crippen molar-refractivity contribution in [3.8, 4) is 0 Å². The van der Waals surface area contributed by atoms with Crippen LogP contribution in [0.25, 0.3) is 0 Å². The van der Waals surface area contributed by atoms with Gasteiger partial charge in [-0.05, 0) is 6.92 Å². The monoisotopic (exact) mass is 260 g/mol. The molecular formula is C10H13FN2O5. The first kappa shape index (κ1) is 12.9. The third-order valence-corrected chi connectivity index (χ3v) is 3.00. The lowest BCUT2D eigenvalue weighted by atomic mass is 9.98. The smallest absolute Gasteiger partial charge is 0.330 e. The fourth-order valence-electron chi connectivity index (χ4n) is 1.97. The fraction of sp³-hybridized carbons (Fsp3) is 0.600. The zero-order chi connectivity index (χ0) is 13.5. The quantitative estimate of drug-likeness (QED) is 0.601. The Labute approximate surface area is 100 Å². The fourth-order valence-corrected chi connectivity index (χ4v) is 1.97. The lowest BCUT2D eigenvalue weighted by Crippen LogP contribution is -2.43. The largest absolute Gasteiger partial charge is 0.394 e. The van der Waals surface area contributed by atoms with Gasteiger partial charge in [-0.3, -0.25) is 14.3 Å². The number of alkyl halides is 1. The summed E-state index contributed by atoms with van der Waals surface area (Å²) in [6.45, 7) is 0.491. The van der Waals surface area contributed by atoms with Crippen molar-refractivity contribution >= 4 is 0 Å². The Morgan fingerprint density at radius 3 is 2.78 bits per heavy atom. The molecular weight excluding hydrogens is 247 g/mol. The second kappa shape index (κ2) is 4.30. The molecule has 1 aliphatic rings. The van der Waals surface area contributed by atoms with E-state index in [1.807, 2.05) is 4.98 Å². The summed E-state index contributed by atoms with van der Waals surface area (Å²) >= 11 is 0. The molecule has 2 heterocycles. The summed E-state index contributed by atoms with van der Waals surface area (Å²) in [5.41, 5.74) is -3.72. The maximum atomic E-state index is 14.3. The van der Waals surface area contributed by atoms with Crippen LogP contribution in [0.4, 0.5) is 4.39 Å². The van der Waals surface area contributed by atoms with Crippen molar-refractivity contribution in [2.75, 3.05) is 6.61 Å². The molecule has 18 heavy (non-hydrogen) atoms. The number of nitrogens with one attached hydrogen (secondary N) is 1. The Hall–Kier alpha value is -1.51. The maximum absolute atomic E-state index is 14.3. The van der Waals surface area contributed by atoms with Crippen LogP contribution in [0.5, 0.6) is 0 Å². The van der Waals surface area contributed by atoms with Crippen molar-refractivity contribution in [2.45, 2.75) is 31.0 Å². The van der Waals surface area contributed by atoms with E-state index >= 15 is 0 Å². The van der Waals surface area contributed by atoms with Gasteiger partial charge in [-0.25, -0.2) is 9.18 Å². The molecule has 1 aromatic heterocycles. The van der Waals surface area contributed by atoms with E-state index in [1.165, 1.54) is 0 Å². The second-order valence-electron chi connectivity index (χ2n) is 4.32. The number of H-pyrrole nitrogens is 1. The summed E-state index contributed by atoms with van der Waals surface area (Å²) in [5, 5.41) is 18.6. The zero-order valence-electron chi connectivity index (χ0n) is 9.54. The number of aliphatic hydroxyl groups excluding tert-OH is 2. The van der Waals surface area contributed by atoms with Gasteiger partial charge >= 0.3 is 5.69 Å². The van der Waals surface area contributed by atoms with Gasteiger partial charge in [0.15, 0.2) is 11.9 Å². The van der Waals surface area contributed by atoms with E-state index < -0.39 is 42.0 Å². The number of nitrogens with zero attached hydrogens (tertiary/aromatic N) is 1. The average Bonchev–Trinajstić information content (AvgIpc) is 2.52. The van der Waals surface area contributed by atoms with Crippen LogP contribution in [0.2, 0.25) is 0 Å². The minimum Gasteiger partial charge on any atom is -0.394 e. The van der Waals surface area contributed by atoms with Gasteiger partial charge in [-0.2, -0.15) is 0 Å². The van der Waals surface area contributed by atoms with E-state index in [0.717, 1.165) is 23.8 Å². The number of rotatable bonds is 2. The number of halogens is 1. The molecule has 100 valence electrons. The van der Waals surface area contributed by atoms with Gasteiger partial charge in [0.05, 0.1) is 6.61 Å². The Bertz CT molecular complexity index is 552. The number of hydrogen-bond donors (Lipinski definition) is 3. The third-order valence-electron chi connectivity index (χ3n) is 3.00. The van der Waals surface area contributed by atoms with Gasteiger partial charge in [0.2, 0.25) is 0 Å². The standard InChI is InChI=1S/C10H13FN2O5/c1-10(11)7(16)5(4-14)18-8(10)13-3-2-6(15)12-9(13)17/h2-3,5,7-8,14,16H,4H2,1H3,(H,12,15,17)/t5?,7-,8?,10?/m1/s1. The van der Waals surface area contributed by atoms with Gasteiger partial charge in [0, 0.05) is 12.3 Å². The van der Waals surface area contributed by atoms with E-state index in [9.17, 15) is 19.1 Å². The highest BCUT2D eigenvalue weighted by atomic mass is 19.1. The number of ether oxygens (including phenoxy) is 1. The molecule has 1 fully saturated rings. The molecule has 0 radical (unpaired) electrons. The minimum atomic E-state index is -2.25. The first-order valence-corrected chi connectivity index (χ1v) is 5.32. The zero-order valence-corrected chi connectivity index (χ0v) is 9.54. The lowest BCUT2D eigenvalue weighted by molar-refractivity contribution is -0.0611. The average molecular weight is 260 g/mol. The molecule has 1 aliphatic heterocycles. The second-order valence-corrected chi connectivity index (χ2v) is 4.32. The molecule has 3 N–H and O–H groups in total. The Morgan fingerprint density at radius 2 is 2.28 bits per heavy atom. The maximum Gasteiger partial charge on any atom is 0.330 e. The molecule has 0 aromatic carbocycles. The Morgan fingerprint density at radius 1 is 1.61 bits per heavy atom. The molecule has 7 nitrogen and oxygen atoms in total. The summed E-state index contributed by atoms with van der Waals surface area (Å²) in [4.78, 5) is 24.4. The normalized spacial score (nSPS) is 35.9. The predicted octanol–water partition coefficient (Wildman–Crippen LogP) is -1.48. The number of aromatic nitrogens is 2. The van der Waals surface area contributed by atoms with E-state index in [-0.39, 0.29) is 0 Å². The number of hydrogen-bond acceptors (Lipinski definition) is 5. The Balaban J connectivity index is 2.45. The van der Waals surface area contributed by atoms with Crippen molar-refractivity contribution in [2.24, 2.45) is 0 Å². The topological polar surface area (TPSA) is 105 Å². The van der Waals surface area contributed by atoms with E-state index in [2.05, 4.69) is 0 Å². The van der Waals surface area contributed by atoms with Crippen LogP contribution in [-0.4, -0.2) is 44.2 Å². The van der Waals surface area contributed by atoms with Crippen molar-refractivity contribution in [3.63, 3.8) is 0 Å². The molecule has 0 spiro atoms. The van der Waals surface area contributed by atoms with Crippen molar-refractivity contribution in [1.29, 1.82) is 0 Å².